The Morgan fingerprint density at radius 3 is 2.77 bits per heavy atom. The van der Waals surface area contributed by atoms with Crippen molar-refractivity contribution >= 4 is 29.2 Å². The average Bonchev–Trinajstić information content (AvgIpc) is 3.32. The Balaban J connectivity index is 1.74. The van der Waals surface area contributed by atoms with Crippen molar-refractivity contribution in [1.82, 2.24) is 10.6 Å². The van der Waals surface area contributed by atoms with Gasteiger partial charge in [0.1, 0.15) is 0 Å². The number of nitrogens with one attached hydrogen (secondary N) is 2. The second kappa shape index (κ2) is 8.61. The van der Waals surface area contributed by atoms with E-state index in [2.05, 4.69) is 22.5 Å². The lowest BCUT2D eigenvalue weighted by Gasteiger charge is -2.18. The van der Waals surface area contributed by atoms with E-state index >= 15 is 0 Å². The van der Waals surface area contributed by atoms with Crippen LogP contribution in [-0.4, -0.2) is 32.8 Å². The van der Waals surface area contributed by atoms with Crippen LogP contribution < -0.4 is 10.6 Å². The monoisotopic (exact) mass is 343 g/mol. The summed E-state index contributed by atoms with van der Waals surface area (Å²) in [6.07, 6.45) is 2.63. The lowest BCUT2D eigenvalue weighted by molar-refractivity contribution is 0.129. The zero-order valence-corrected chi connectivity index (χ0v) is 14.5. The average molecular weight is 344 g/mol. The van der Waals surface area contributed by atoms with Crippen molar-refractivity contribution in [2.24, 2.45) is 10.9 Å². The van der Waals surface area contributed by atoms with E-state index in [1.54, 1.807) is 13.1 Å². The molecule has 122 valence electrons. The number of benzene rings is 1. The van der Waals surface area contributed by atoms with Crippen LogP contribution in [0.3, 0.4) is 0 Å². The van der Waals surface area contributed by atoms with Crippen LogP contribution >= 0.6 is 23.2 Å². The van der Waals surface area contributed by atoms with Crippen molar-refractivity contribution < 1.29 is 4.74 Å². The summed E-state index contributed by atoms with van der Waals surface area (Å²) in [5.74, 6) is 1.54. The lowest BCUT2D eigenvalue weighted by Crippen LogP contribution is -2.40. The molecule has 0 aliphatic heterocycles. The highest BCUT2D eigenvalue weighted by Gasteiger charge is 2.20. The minimum atomic E-state index is 0.0772. The Bertz CT molecular complexity index is 518. The largest absolute Gasteiger partial charge is 0.379 e. The molecule has 2 rings (SSSR count). The maximum Gasteiger partial charge on any atom is 0.191 e. The minimum absolute atomic E-state index is 0.0772. The molecule has 0 spiro atoms. The Morgan fingerprint density at radius 2 is 2.14 bits per heavy atom. The van der Waals surface area contributed by atoms with E-state index in [1.165, 1.54) is 12.8 Å². The molecule has 0 amide bonds. The molecule has 1 aliphatic rings. The second-order valence-electron chi connectivity index (χ2n) is 5.56. The van der Waals surface area contributed by atoms with Gasteiger partial charge in [-0.1, -0.05) is 29.3 Å². The van der Waals surface area contributed by atoms with Gasteiger partial charge >= 0.3 is 0 Å². The first-order valence-corrected chi connectivity index (χ1v) is 8.35. The molecular weight excluding hydrogens is 321 g/mol. The normalized spacial score (nSPS) is 16.5. The standard InChI is InChI=1S/C16H23Cl2N3O/c1-11(13-5-6-14(17)15(18)9-13)21-16(19-2)20-7-8-22-10-12-3-4-12/h5-6,9,11-12H,3-4,7-8,10H2,1-2H3,(H2,19,20,21). The third-order valence-electron chi connectivity index (χ3n) is 3.61. The number of ether oxygens (including phenoxy) is 1. The maximum absolute atomic E-state index is 6.06. The van der Waals surface area contributed by atoms with Crippen LogP contribution in [0.1, 0.15) is 31.4 Å². The molecular formula is C16H23Cl2N3O. The van der Waals surface area contributed by atoms with Crippen LogP contribution in [0.5, 0.6) is 0 Å². The number of halogens is 2. The fourth-order valence-corrected chi connectivity index (χ4v) is 2.35. The Hall–Kier alpha value is -0.970. The number of aliphatic imine (C=N–C) groups is 1. The van der Waals surface area contributed by atoms with Gasteiger partial charge in [-0.05, 0) is 43.4 Å². The van der Waals surface area contributed by atoms with Crippen LogP contribution in [0, 0.1) is 5.92 Å². The molecule has 1 aromatic carbocycles. The first kappa shape index (κ1) is 17.4. The van der Waals surface area contributed by atoms with Crippen LogP contribution in [0.4, 0.5) is 0 Å². The van der Waals surface area contributed by atoms with E-state index in [9.17, 15) is 0 Å². The van der Waals surface area contributed by atoms with Crippen molar-refractivity contribution in [3.63, 3.8) is 0 Å². The summed E-state index contributed by atoms with van der Waals surface area (Å²) in [5, 5.41) is 7.69. The van der Waals surface area contributed by atoms with Gasteiger partial charge in [-0.25, -0.2) is 0 Å². The number of hydrogen-bond acceptors (Lipinski definition) is 2. The van der Waals surface area contributed by atoms with Crippen molar-refractivity contribution in [3.05, 3.63) is 33.8 Å². The molecule has 1 unspecified atom stereocenters. The second-order valence-corrected chi connectivity index (χ2v) is 6.37. The Labute approximate surface area is 142 Å². The molecule has 0 heterocycles. The number of guanidine groups is 1. The molecule has 2 N–H and O–H groups in total. The SMILES string of the molecule is CN=C(NCCOCC1CC1)NC(C)c1ccc(Cl)c(Cl)c1. The van der Waals surface area contributed by atoms with Crippen molar-refractivity contribution in [2.75, 3.05) is 26.8 Å². The third kappa shape index (κ3) is 5.67. The van der Waals surface area contributed by atoms with Gasteiger partial charge in [0.25, 0.3) is 0 Å². The van der Waals surface area contributed by atoms with Gasteiger partial charge < -0.3 is 15.4 Å². The Kier molecular flexibility index (Phi) is 6.80. The van der Waals surface area contributed by atoms with Gasteiger partial charge in [-0.15, -0.1) is 0 Å². The van der Waals surface area contributed by atoms with E-state index in [0.29, 0.717) is 16.7 Å². The van der Waals surface area contributed by atoms with Crippen LogP contribution in [0.15, 0.2) is 23.2 Å². The number of hydrogen-bond donors (Lipinski definition) is 2. The van der Waals surface area contributed by atoms with Crippen LogP contribution in [-0.2, 0) is 4.74 Å². The summed E-state index contributed by atoms with van der Waals surface area (Å²) >= 11 is 12.0. The highest BCUT2D eigenvalue weighted by Crippen LogP contribution is 2.28. The van der Waals surface area contributed by atoms with E-state index in [-0.39, 0.29) is 6.04 Å². The zero-order chi connectivity index (χ0) is 15.9. The molecule has 0 aromatic heterocycles. The smallest absolute Gasteiger partial charge is 0.191 e. The quantitative estimate of drug-likeness (QED) is 0.451. The fraction of sp³-hybridized carbons (Fsp3) is 0.562. The molecule has 1 fully saturated rings. The van der Waals surface area contributed by atoms with E-state index in [1.807, 2.05) is 12.1 Å². The number of rotatable bonds is 7. The maximum atomic E-state index is 6.06. The minimum Gasteiger partial charge on any atom is -0.379 e. The predicted molar refractivity (Wildman–Crippen MR) is 92.9 cm³/mol. The molecule has 0 radical (unpaired) electrons. The lowest BCUT2D eigenvalue weighted by atomic mass is 10.1. The predicted octanol–water partition coefficient (Wildman–Crippen LogP) is 3.65. The molecule has 6 heteroatoms. The first-order valence-electron chi connectivity index (χ1n) is 7.60. The summed E-state index contributed by atoms with van der Waals surface area (Å²) < 4.78 is 5.59. The third-order valence-corrected chi connectivity index (χ3v) is 4.35. The van der Waals surface area contributed by atoms with Gasteiger partial charge in [-0.3, -0.25) is 4.99 Å². The first-order chi connectivity index (χ1) is 10.6. The van der Waals surface area contributed by atoms with Gasteiger partial charge in [0, 0.05) is 20.2 Å². The fourth-order valence-electron chi connectivity index (χ4n) is 2.04. The molecule has 4 nitrogen and oxygen atoms in total. The van der Waals surface area contributed by atoms with Crippen LogP contribution in [0.2, 0.25) is 10.0 Å². The summed E-state index contributed by atoms with van der Waals surface area (Å²) in [6, 6.07) is 5.71. The van der Waals surface area contributed by atoms with Crippen molar-refractivity contribution in [2.45, 2.75) is 25.8 Å². The van der Waals surface area contributed by atoms with Gasteiger partial charge in [-0.2, -0.15) is 0 Å². The van der Waals surface area contributed by atoms with E-state index in [4.69, 9.17) is 27.9 Å². The molecule has 22 heavy (non-hydrogen) atoms. The molecule has 1 atom stereocenters. The molecule has 1 aliphatic carbocycles. The molecule has 1 aromatic rings. The van der Waals surface area contributed by atoms with E-state index in [0.717, 1.165) is 30.6 Å². The van der Waals surface area contributed by atoms with Gasteiger partial charge in [0.2, 0.25) is 0 Å². The van der Waals surface area contributed by atoms with Gasteiger partial charge in [0.15, 0.2) is 5.96 Å². The van der Waals surface area contributed by atoms with Gasteiger partial charge in [0.05, 0.1) is 22.7 Å². The summed E-state index contributed by atoms with van der Waals surface area (Å²) in [5.41, 5.74) is 1.06. The molecule has 0 saturated heterocycles. The van der Waals surface area contributed by atoms with Crippen LogP contribution in [0.25, 0.3) is 0 Å². The van der Waals surface area contributed by atoms with Crippen molar-refractivity contribution in [3.8, 4) is 0 Å². The number of nitrogens with zero attached hydrogens (tertiary/aromatic N) is 1. The molecule has 0 bridgehead atoms. The highest BCUT2D eigenvalue weighted by molar-refractivity contribution is 6.42. The van der Waals surface area contributed by atoms with E-state index < -0.39 is 0 Å². The molecule has 1 saturated carbocycles. The summed E-state index contributed by atoms with van der Waals surface area (Å²) in [6.45, 7) is 4.36. The topological polar surface area (TPSA) is 45.7 Å². The summed E-state index contributed by atoms with van der Waals surface area (Å²) in [4.78, 5) is 4.22. The Morgan fingerprint density at radius 1 is 1.36 bits per heavy atom. The zero-order valence-electron chi connectivity index (χ0n) is 13.0. The highest BCUT2D eigenvalue weighted by atomic mass is 35.5. The summed E-state index contributed by atoms with van der Waals surface area (Å²) in [7, 11) is 1.75. The van der Waals surface area contributed by atoms with Crippen molar-refractivity contribution in [1.29, 1.82) is 0 Å².